The second-order valence-corrected chi connectivity index (χ2v) is 5.75. The van der Waals surface area contributed by atoms with Gasteiger partial charge in [-0.2, -0.15) is 11.3 Å². The van der Waals surface area contributed by atoms with Crippen LogP contribution in [-0.2, 0) is 4.79 Å². The molecular formula is C13H9FN2O2S2. The molecule has 3 rings (SSSR count). The van der Waals surface area contributed by atoms with E-state index in [9.17, 15) is 9.18 Å². The van der Waals surface area contributed by atoms with Gasteiger partial charge in [-0.25, -0.2) is 9.37 Å². The minimum Gasteiger partial charge on any atom is -0.481 e. The first kappa shape index (κ1) is 13.1. The quantitative estimate of drug-likeness (QED) is 0.751. The SMILES string of the molecule is O=C(O)CSc1nc2cc(F)ccc2n1-c1ccsc1. The van der Waals surface area contributed by atoms with Crippen molar-refractivity contribution in [2.75, 3.05) is 5.75 Å². The maximum absolute atomic E-state index is 13.3. The van der Waals surface area contributed by atoms with E-state index in [1.807, 2.05) is 21.4 Å². The molecule has 7 heteroatoms. The van der Waals surface area contributed by atoms with E-state index in [2.05, 4.69) is 4.98 Å². The monoisotopic (exact) mass is 308 g/mol. The Bertz CT molecular complexity index is 768. The molecule has 0 aliphatic rings. The lowest BCUT2D eigenvalue weighted by Crippen LogP contribution is -2.01. The number of rotatable bonds is 4. The summed E-state index contributed by atoms with van der Waals surface area (Å²) >= 11 is 2.65. The van der Waals surface area contributed by atoms with Gasteiger partial charge in [0.2, 0.25) is 0 Å². The second-order valence-electron chi connectivity index (χ2n) is 4.03. The molecule has 1 N–H and O–H groups in total. The molecule has 0 saturated carbocycles. The summed E-state index contributed by atoms with van der Waals surface area (Å²) in [6.45, 7) is 0. The molecule has 0 aliphatic heterocycles. The first-order valence-corrected chi connectivity index (χ1v) is 7.63. The molecule has 0 radical (unpaired) electrons. The Balaban J connectivity index is 2.16. The molecule has 0 fully saturated rings. The molecule has 2 aromatic heterocycles. The molecule has 102 valence electrons. The number of hydrogen-bond acceptors (Lipinski definition) is 4. The van der Waals surface area contributed by atoms with Gasteiger partial charge in [0.05, 0.1) is 22.5 Å². The Hall–Kier alpha value is -1.86. The van der Waals surface area contributed by atoms with E-state index < -0.39 is 5.97 Å². The summed E-state index contributed by atoms with van der Waals surface area (Å²) in [5.41, 5.74) is 2.18. The van der Waals surface area contributed by atoms with Crippen molar-refractivity contribution in [3.63, 3.8) is 0 Å². The predicted molar refractivity (Wildman–Crippen MR) is 77.3 cm³/mol. The van der Waals surface area contributed by atoms with Crippen molar-refractivity contribution in [1.82, 2.24) is 9.55 Å². The number of thioether (sulfide) groups is 1. The lowest BCUT2D eigenvalue weighted by Gasteiger charge is -2.05. The highest BCUT2D eigenvalue weighted by Crippen LogP contribution is 2.29. The average molecular weight is 308 g/mol. The highest BCUT2D eigenvalue weighted by molar-refractivity contribution is 7.99. The number of aromatic nitrogens is 2. The van der Waals surface area contributed by atoms with Gasteiger partial charge in [-0.05, 0) is 23.6 Å². The van der Waals surface area contributed by atoms with Gasteiger partial charge in [0.15, 0.2) is 5.16 Å². The Labute approximate surface area is 121 Å². The first-order valence-electron chi connectivity index (χ1n) is 5.70. The zero-order valence-corrected chi connectivity index (χ0v) is 11.7. The van der Waals surface area contributed by atoms with E-state index in [-0.39, 0.29) is 11.6 Å². The Morgan fingerprint density at radius 3 is 3.00 bits per heavy atom. The van der Waals surface area contributed by atoms with Crippen LogP contribution in [0.2, 0.25) is 0 Å². The van der Waals surface area contributed by atoms with Crippen molar-refractivity contribution < 1.29 is 14.3 Å². The van der Waals surface area contributed by atoms with E-state index >= 15 is 0 Å². The summed E-state index contributed by atoms with van der Waals surface area (Å²) < 4.78 is 15.1. The molecule has 1 aromatic carbocycles. The van der Waals surface area contributed by atoms with Crippen LogP contribution < -0.4 is 0 Å². The van der Waals surface area contributed by atoms with Gasteiger partial charge in [0.1, 0.15) is 5.82 Å². The first-order chi connectivity index (χ1) is 9.65. The highest BCUT2D eigenvalue weighted by atomic mass is 32.2. The third-order valence-corrected chi connectivity index (χ3v) is 4.27. The number of nitrogens with zero attached hydrogens (tertiary/aromatic N) is 2. The van der Waals surface area contributed by atoms with Crippen LogP contribution in [0.25, 0.3) is 16.7 Å². The largest absolute Gasteiger partial charge is 0.481 e. The highest BCUT2D eigenvalue weighted by Gasteiger charge is 2.15. The van der Waals surface area contributed by atoms with Crippen molar-refractivity contribution in [2.24, 2.45) is 0 Å². The van der Waals surface area contributed by atoms with Gasteiger partial charge in [0.25, 0.3) is 0 Å². The van der Waals surface area contributed by atoms with Crippen molar-refractivity contribution in [3.05, 3.63) is 40.8 Å². The van der Waals surface area contributed by atoms with Gasteiger partial charge < -0.3 is 5.11 Å². The predicted octanol–water partition coefficient (Wildman–Crippen LogP) is 3.40. The van der Waals surface area contributed by atoms with Crippen LogP contribution >= 0.6 is 23.1 Å². The summed E-state index contributed by atoms with van der Waals surface area (Å²) in [6, 6.07) is 6.29. The molecule has 3 aromatic rings. The Morgan fingerprint density at radius 1 is 1.45 bits per heavy atom. The summed E-state index contributed by atoms with van der Waals surface area (Å²) in [5.74, 6) is -1.36. The Kier molecular flexibility index (Phi) is 3.45. The summed E-state index contributed by atoms with van der Waals surface area (Å²) in [6.07, 6.45) is 0. The number of hydrogen-bond donors (Lipinski definition) is 1. The second kappa shape index (κ2) is 5.26. The van der Waals surface area contributed by atoms with Crippen molar-refractivity contribution >= 4 is 40.1 Å². The fourth-order valence-corrected chi connectivity index (χ4v) is 3.26. The maximum atomic E-state index is 13.3. The summed E-state index contributed by atoms with van der Waals surface area (Å²) in [4.78, 5) is 15.1. The van der Waals surface area contributed by atoms with Gasteiger partial charge in [0, 0.05) is 11.4 Å². The van der Waals surface area contributed by atoms with Gasteiger partial charge in [-0.1, -0.05) is 11.8 Å². The van der Waals surface area contributed by atoms with Crippen molar-refractivity contribution in [2.45, 2.75) is 5.16 Å². The van der Waals surface area contributed by atoms with Crippen LogP contribution in [0.15, 0.2) is 40.2 Å². The number of aliphatic carboxylic acids is 1. The molecule has 0 bridgehead atoms. The zero-order valence-electron chi connectivity index (χ0n) is 10.1. The van der Waals surface area contributed by atoms with Crippen LogP contribution in [-0.4, -0.2) is 26.4 Å². The van der Waals surface area contributed by atoms with E-state index in [1.54, 1.807) is 6.07 Å². The van der Waals surface area contributed by atoms with Crippen LogP contribution in [0.4, 0.5) is 4.39 Å². The fourth-order valence-electron chi connectivity index (χ4n) is 1.89. The number of carboxylic acids is 1. The summed E-state index contributed by atoms with van der Waals surface area (Å²) in [5, 5.41) is 13.2. The van der Waals surface area contributed by atoms with Gasteiger partial charge in [-0.15, -0.1) is 0 Å². The number of imidazole rings is 1. The van der Waals surface area contributed by atoms with E-state index in [4.69, 9.17) is 5.11 Å². The fraction of sp³-hybridized carbons (Fsp3) is 0.0769. The number of thiophene rings is 1. The topological polar surface area (TPSA) is 55.1 Å². The third-order valence-electron chi connectivity index (χ3n) is 2.67. The van der Waals surface area contributed by atoms with Crippen molar-refractivity contribution in [1.29, 1.82) is 0 Å². The number of halogens is 1. The van der Waals surface area contributed by atoms with E-state index in [0.717, 1.165) is 23.0 Å². The van der Waals surface area contributed by atoms with Crippen LogP contribution in [0, 0.1) is 5.82 Å². The minimum absolute atomic E-state index is 0.0874. The lowest BCUT2D eigenvalue weighted by molar-refractivity contribution is -0.133. The smallest absolute Gasteiger partial charge is 0.313 e. The molecule has 0 saturated heterocycles. The van der Waals surface area contributed by atoms with Crippen LogP contribution in [0.1, 0.15) is 0 Å². The zero-order chi connectivity index (χ0) is 14.1. The number of benzene rings is 1. The lowest BCUT2D eigenvalue weighted by atomic mass is 10.3. The van der Waals surface area contributed by atoms with E-state index in [1.165, 1.54) is 23.5 Å². The maximum Gasteiger partial charge on any atom is 0.313 e. The standard InChI is InChI=1S/C13H9FN2O2S2/c14-8-1-2-11-10(5-8)15-13(20-7-12(17)18)16(11)9-3-4-19-6-9/h1-6H,7H2,(H,17,18). The van der Waals surface area contributed by atoms with Crippen molar-refractivity contribution in [3.8, 4) is 5.69 Å². The molecule has 4 nitrogen and oxygen atoms in total. The number of carboxylic acid groups (broad SMARTS) is 1. The molecule has 2 heterocycles. The summed E-state index contributed by atoms with van der Waals surface area (Å²) in [7, 11) is 0. The third kappa shape index (κ3) is 2.41. The normalized spacial score (nSPS) is 11.1. The Morgan fingerprint density at radius 2 is 2.30 bits per heavy atom. The number of carbonyl (C=O) groups is 1. The van der Waals surface area contributed by atoms with Crippen LogP contribution in [0.3, 0.4) is 0 Å². The molecule has 0 unspecified atom stereocenters. The average Bonchev–Trinajstić information content (AvgIpc) is 3.01. The molecule has 20 heavy (non-hydrogen) atoms. The molecule has 0 atom stereocenters. The minimum atomic E-state index is -0.912. The molecule has 0 aliphatic carbocycles. The van der Waals surface area contributed by atoms with Crippen LogP contribution in [0.5, 0.6) is 0 Å². The molecular weight excluding hydrogens is 299 g/mol. The van der Waals surface area contributed by atoms with Gasteiger partial charge >= 0.3 is 5.97 Å². The molecule has 0 spiro atoms. The van der Waals surface area contributed by atoms with E-state index in [0.29, 0.717) is 10.7 Å². The molecule has 0 amide bonds. The number of fused-ring (bicyclic) bond motifs is 1. The van der Waals surface area contributed by atoms with Gasteiger partial charge in [-0.3, -0.25) is 9.36 Å².